The summed E-state index contributed by atoms with van der Waals surface area (Å²) < 4.78 is 7.99. The van der Waals surface area contributed by atoms with Gasteiger partial charge in [0.1, 0.15) is 12.1 Å². The summed E-state index contributed by atoms with van der Waals surface area (Å²) in [5, 5.41) is 12.7. The lowest BCUT2D eigenvalue weighted by atomic mass is 10.3. The Hall–Kier alpha value is -2.83. The van der Waals surface area contributed by atoms with Crippen molar-refractivity contribution in [3.63, 3.8) is 0 Å². The maximum absolute atomic E-state index is 7.86. The van der Waals surface area contributed by atoms with Gasteiger partial charge in [-0.3, -0.25) is 5.41 Å². The van der Waals surface area contributed by atoms with Crippen LogP contribution in [0.2, 0.25) is 0 Å². The van der Waals surface area contributed by atoms with Crippen molar-refractivity contribution >= 4 is 11.0 Å². The average molecular weight is 256 g/mol. The van der Waals surface area contributed by atoms with Crippen LogP contribution in [0, 0.1) is 5.41 Å². The molecule has 0 radical (unpaired) electrons. The van der Waals surface area contributed by atoms with Crippen LogP contribution >= 0.6 is 0 Å². The Labute approximate surface area is 108 Å². The third-order valence-corrected chi connectivity index (χ3v) is 2.86. The van der Waals surface area contributed by atoms with Gasteiger partial charge in [-0.05, 0) is 12.1 Å². The molecule has 0 unspecified atom stereocenters. The van der Waals surface area contributed by atoms with Gasteiger partial charge in [0.2, 0.25) is 0 Å². The number of nitrogens with two attached hydrogens (primary N) is 1. The molecule has 7 nitrogen and oxygen atoms in total. The van der Waals surface area contributed by atoms with Crippen LogP contribution in [-0.2, 0) is 0 Å². The van der Waals surface area contributed by atoms with E-state index in [0.29, 0.717) is 11.0 Å². The molecule has 0 saturated heterocycles. The molecule has 3 N–H and O–H groups in total. The molecule has 0 aliphatic carbocycles. The number of hydrogen-bond acceptors (Lipinski definition) is 5. The number of nitrogens with one attached hydrogen (secondary N) is 1. The molecule has 3 aromatic rings. The molecule has 96 valence electrons. The van der Waals surface area contributed by atoms with Crippen molar-refractivity contribution in [2.24, 2.45) is 0 Å². The number of nitrogens with zero attached hydrogens (tertiary/aromatic N) is 4. The Morgan fingerprint density at radius 2 is 2.21 bits per heavy atom. The van der Waals surface area contributed by atoms with Gasteiger partial charge in [0.15, 0.2) is 11.1 Å². The highest BCUT2D eigenvalue weighted by Gasteiger charge is 2.09. The normalized spacial score (nSPS) is 10.8. The molecule has 3 rings (SSSR count). The van der Waals surface area contributed by atoms with Crippen LogP contribution in [0.5, 0.6) is 5.75 Å². The zero-order chi connectivity index (χ0) is 13.4. The molecule has 0 fully saturated rings. The summed E-state index contributed by atoms with van der Waals surface area (Å²) in [6.45, 7) is 0. The summed E-state index contributed by atoms with van der Waals surface area (Å²) in [6, 6.07) is 7.46. The lowest BCUT2D eigenvalue weighted by Gasteiger charge is -2.05. The van der Waals surface area contributed by atoms with Crippen LogP contribution in [0.15, 0.2) is 36.8 Å². The molecule has 0 aliphatic heterocycles. The second kappa shape index (κ2) is 4.13. The van der Waals surface area contributed by atoms with Crippen molar-refractivity contribution in [3.05, 3.63) is 42.3 Å². The molecule has 2 aromatic heterocycles. The van der Waals surface area contributed by atoms with Gasteiger partial charge in [0.25, 0.3) is 0 Å². The molecule has 7 heteroatoms. The van der Waals surface area contributed by atoms with E-state index in [9.17, 15) is 0 Å². The topological polar surface area (TPSA) is 94.7 Å². The minimum absolute atomic E-state index is 0.166. The minimum Gasteiger partial charge on any atom is -0.497 e. The molecule has 0 bridgehead atoms. The molecule has 0 amide bonds. The van der Waals surface area contributed by atoms with Gasteiger partial charge in [-0.15, -0.1) is 0 Å². The summed E-state index contributed by atoms with van der Waals surface area (Å²) in [7, 11) is 1.61. The standard InChI is InChI=1S/C12H12N6O/c1-19-9-4-2-3-8(5-9)18-12-10(6-16-18)11(13)17(14)7-15-12/h2-7,13H,14H2,1H3. The summed E-state index contributed by atoms with van der Waals surface area (Å²) in [5.41, 5.74) is 1.56. The van der Waals surface area contributed by atoms with Gasteiger partial charge in [-0.2, -0.15) is 5.10 Å². The monoisotopic (exact) mass is 256 g/mol. The Morgan fingerprint density at radius 1 is 1.37 bits per heavy atom. The zero-order valence-electron chi connectivity index (χ0n) is 10.2. The first-order chi connectivity index (χ1) is 9.20. The number of rotatable bonds is 2. The van der Waals surface area contributed by atoms with Crippen molar-refractivity contribution in [1.29, 1.82) is 5.41 Å². The third kappa shape index (κ3) is 1.71. The molecule has 0 aliphatic rings. The number of ether oxygens (including phenoxy) is 1. The van der Waals surface area contributed by atoms with E-state index in [1.165, 1.54) is 6.33 Å². The highest BCUT2D eigenvalue weighted by atomic mass is 16.5. The van der Waals surface area contributed by atoms with E-state index in [4.69, 9.17) is 16.0 Å². The van der Waals surface area contributed by atoms with Crippen LogP contribution in [0.1, 0.15) is 0 Å². The highest BCUT2D eigenvalue weighted by molar-refractivity contribution is 5.74. The predicted octanol–water partition coefficient (Wildman–Crippen LogP) is 0.424. The van der Waals surface area contributed by atoms with Crippen molar-refractivity contribution in [2.75, 3.05) is 13.0 Å². The summed E-state index contributed by atoms with van der Waals surface area (Å²) in [4.78, 5) is 4.21. The number of methoxy groups -OCH3 is 1. The number of aromatic nitrogens is 4. The van der Waals surface area contributed by atoms with Crippen molar-refractivity contribution in [1.82, 2.24) is 19.4 Å². The summed E-state index contributed by atoms with van der Waals surface area (Å²) in [5.74, 6) is 6.32. The Kier molecular flexibility index (Phi) is 2.45. The molecule has 2 heterocycles. The molecule has 1 aromatic carbocycles. The summed E-state index contributed by atoms with van der Waals surface area (Å²) in [6.07, 6.45) is 2.97. The van der Waals surface area contributed by atoms with E-state index in [-0.39, 0.29) is 5.49 Å². The first-order valence-electron chi connectivity index (χ1n) is 5.60. The average Bonchev–Trinajstić information content (AvgIpc) is 2.87. The van der Waals surface area contributed by atoms with Crippen LogP contribution in [0.4, 0.5) is 0 Å². The third-order valence-electron chi connectivity index (χ3n) is 2.86. The quantitative estimate of drug-likeness (QED) is 0.650. The van der Waals surface area contributed by atoms with E-state index in [2.05, 4.69) is 10.1 Å². The molecular formula is C12H12N6O. The van der Waals surface area contributed by atoms with Gasteiger partial charge < -0.3 is 10.6 Å². The SMILES string of the molecule is COc1cccc(-n2ncc3c(=N)n(N)cnc32)c1. The number of benzene rings is 1. The first-order valence-corrected chi connectivity index (χ1v) is 5.60. The van der Waals surface area contributed by atoms with Gasteiger partial charge in [0, 0.05) is 6.07 Å². The number of fused-ring (bicyclic) bond motifs is 1. The van der Waals surface area contributed by atoms with E-state index in [1.54, 1.807) is 18.0 Å². The summed E-state index contributed by atoms with van der Waals surface area (Å²) >= 11 is 0. The molecule has 0 atom stereocenters. The molecule has 0 spiro atoms. The Bertz CT molecular complexity index is 803. The van der Waals surface area contributed by atoms with Crippen molar-refractivity contribution < 1.29 is 4.74 Å². The number of hydrogen-bond donors (Lipinski definition) is 2. The molecule has 0 saturated carbocycles. The maximum Gasteiger partial charge on any atom is 0.168 e. The maximum atomic E-state index is 7.86. The smallest absolute Gasteiger partial charge is 0.168 e. The predicted molar refractivity (Wildman–Crippen MR) is 69.4 cm³/mol. The van der Waals surface area contributed by atoms with Crippen molar-refractivity contribution in [3.8, 4) is 11.4 Å². The molecule has 19 heavy (non-hydrogen) atoms. The van der Waals surface area contributed by atoms with Crippen molar-refractivity contribution in [2.45, 2.75) is 0 Å². The van der Waals surface area contributed by atoms with E-state index < -0.39 is 0 Å². The lowest BCUT2D eigenvalue weighted by Crippen LogP contribution is -2.27. The largest absolute Gasteiger partial charge is 0.497 e. The Morgan fingerprint density at radius 3 is 3.00 bits per heavy atom. The van der Waals surface area contributed by atoms with Crippen LogP contribution in [0.3, 0.4) is 0 Å². The lowest BCUT2D eigenvalue weighted by molar-refractivity contribution is 0.414. The molecular weight excluding hydrogens is 244 g/mol. The fourth-order valence-electron chi connectivity index (χ4n) is 1.88. The fraction of sp³-hybridized carbons (Fsp3) is 0.0833. The van der Waals surface area contributed by atoms with E-state index in [1.807, 2.05) is 24.3 Å². The fourth-order valence-corrected chi connectivity index (χ4v) is 1.88. The van der Waals surface area contributed by atoms with E-state index >= 15 is 0 Å². The van der Waals surface area contributed by atoms with Gasteiger partial charge in [-0.25, -0.2) is 14.3 Å². The van der Waals surface area contributed by atoms with Gasteiger partial charge >= 0.3 is 0 Å². The zero-order valence-corrected chi connectivity index (χ0v) is 10.2. The minimum atomic E-state index is 0.166. The highest BCUT2D eigenvalue weighted by Crippen LogP contribution is 2.18. The van der Waals surface area contributed by atoms with Crippen LogP contribution in [-0.4, -0.2) is 26.6 Å². The van der Waals surface area contributed by atoms with Crippen LogP contribution < -0.4 is 16.1 Å². The number of nitrogen functional groups attached to an aromatic ring is 1. The van der Waals surface area contributed by atoms with Gasteiger partial charge in [-0.1, -0.05) is 6.07 Å². The van der Waals surface area contributed by atoms with Gasteiger partial charge in [0.05, 0.1) is 24.4 Å². The second-order valence-electron chi connectivity index (χ2n) is 4.00. The second-order valence-corrected chi connectivity index (χ2v) is 4.00. The van der Waals surface area contributed by atoms with Crippen LogP contribution in [0.25, 0.3) is 16.7 Å². The Balaban J connectivity index is 2.26. The van der Waals surface area contributed by atoms with E-state index in [0.717, 1.165) is 16.1 Å². The first kappa shape index (κ1) is 11.3.